The zero-order valence-corrected chi connectivity index (χ0v) is 9.36. The molecule has 0 aliphatic heterocycles. The van der Waals surface area contributed by atoms with Crippen LogP contribution >= 0.6 is 0 Å². The fourth-order valence-electron chi connectivity index (χ4n) is 1.17. The van der Waals surface area contributed by atoms with Crippen LogP contribution in [0.3, 0.4) is 0 Å². The molecule has 0 bridgehead atoms. The average molecular weight is 193 g/mol. The number of rotatable bonds is 3. The second-order valence-electron chi connectivity index (χ2n) is 3.93. The summed E-state index contributed by atoms with van der Waals surface area (Å²) in [6.07, 6.45) is 1.87. The number of aromatic nitrogens is 1. The molecule has 3 nitrogen and oxygen atoms in total. The van der Waals surface area contributed by atoms with Gasteiger partial charge in [0.25, 0.3) is 0 Å². The van der Waals surface area contributed by atoms with E-state index >= 15 is 0 Å². The van der Waals surface area contributed by atoms with Gasteiger partial charge in [-0.05, 0) is 32.9 Å². The van der Waals surface area contributed by atoms with Crippen molar-refractivity contribution in [3.8, 4) is 0 Å². The summed E-state index contributed by atoms with van der Waals surface area (Å²) in [6, 6.07) is 4.54. The van der Waals surface area contributed by atoms with Crippen LogP contribution in [0.15, 0.2) is 18.3 Å². The van der Waals surface area contributed by atoms with E-state index in [1.807, 2.05) is 19.2 Å². The summed E-state index contributed by atoms with van der Waals surface area (Å²) in [5.74, 6) is 0. The van der Waals surface area contributed by atoms with Gasteiger partial charge in [-0.25, -0.2) is 0 Å². The summed E-state index contributed by atoms with van der Waals surface area (Å²) in [5.41, 5.74) is 7.79. The molecule has 2 N–H and O–H groups in total. The molecule has 0 amide bonds. The second kappa shape index (κ2) is 4.42. The standard InChI is InChI=1S/C11H19N3/c1-8(2)14(4)10-5-6-11(9(3)12)13-7-10/h5-9H,12H2,1-4H3/t9-/m0/s1. The van der Waals surface area contributed by atoms with Gasteiger partial charge in [0, 0.05) is 19.1 Å². The second-order valence-corrected chi connectivity index (χ2v) is 3.93. The fraction of sp³-hybridized carbons (Fsp3) is 0.545. The quantitative estimate of drug-likeness (QED) is 0.797. The number of hydrogen-bond acceptors (Lipinski definition) is 3. The van der Waals surface area contributed by atoms with Crippen LogP contribution in [-0.2, 0) is 0 Å². The molecule has 1 heterocycles. The van der Waals surface area contributed by atoms with Gasteiger partial charge in [0.1, 0.15) is 0 Å². The van der Waals surface area contributed by atoms with E-state index in [-0.39, 0.29) is 6.04 Å². The topological polar surface area (TPSA) is 42.1 Å². The van der Waals surface area contributed by atoms with Gasteiger partial charge >= 0.3 is 0 Å². The van der Waals surface area contributed by atoms with Crippen molar-refractivity contribution in [2.45, 2.75) is 32.9 Å². The first-order valence-electron chi connectivity index (χ1n) is 4.96. The van der Waals surface area contributed by atoms with E-state index in [2.05, 4.69) is 36.8 Å². The Kier molecular flexibility index (Phi) is 3.47. The van der Waals surface area contributed by atoms with Gasteiger partial charge in [-0.2, -0.15) is 0 Å². The highest BCUT2D eigenvalue weighted by Crippen LogP contribution is 2.15. The number of pyridine rings is 1. The van der Waals surface area contributed by atoms with E-state index in [9.17, 15) is 0 Å². The molecular weight excluding hydrogens is 174 g/mol. The van der Waals surface area contributed by atoms with Crippen LogP contribution in [0.4, 0.5) is 5.69 Å². The van der Waals surface area contributed by atoms with Crippen molar-refractivity contribution in [3.05, 3.63) is 24.0 Å². The van der Waals surface area contributed by atoms with Gasteiger partial charge in [0.2, 0.25) is 0 Å². The molecule has 0 aliphatic carbocycles. The summed E-state index contributed by atoms with van der Waals surface area (Å²) in [6.45, 7) is 6.24. The molecule has 14 heavy (non-hydrogen) atoms. The summed E-state index contributed by atoms with van der Waals surface area (Å²) >= 11 is 0. The number of anilines is 1. The molecular formula is C11H19N3. The molecule has 0 spiro atoms. The number of nitrogens with two attached hydrogens (primary N) is 1. The van der Waals surface area contributed by atoms with Gasteiger partial charge in [-0.1, -0.05) is 0 Å². The lowest BCUT2D eigenvalue weighted by Crippen LogP contribution is -2.25. The van der Waals surface area contributed by atoms with E-state index in [4.69, 9.17) is 5.73 Å². The van der Waals surface area contributed by atoms with Gasteiger partial charge < -0.3 is 10.6 Å². The van der Waals surface area contributed by atoms with Crippen molar-refractivity contribution in [3.63, 3.8) is 0 Å². The van der Waals surface area contributed by atoms with Gasteiger partial charge in [-0.15, -0.1) is 0 Å². The van der Waals surface area contributed by atoms with Gasteiger partial charge in [0.05, 0.1) is 17.6 Å². The Bertz CT molecular complexity index is 277. The van der Waals surface area contributed by atoms with Crippen LogP contribution in [0.5, 0.6) is 0 Å². The molecule has 78 valence electrons. The normalized spacial score (nSPS) is 13.0. The lowest BCUT2D eigenvalue weighted by atomic mass is 10.2. The Hall–Kier alpha value is -1.09. The van der Waals surface area contributed by atoms with E-state index in [0.717, 1.165) is 11.4 Å². The average Bonchev–Trinajstić information content (AvgIpc) is 2.16. The smallest absolute Gasteiger partial charge is 0.0569 e. The van der Waals surface area contributed by atoms with Crippen LogP contribution in [0, 0.1) is 0 Å². The lowest BCUT2D eigenvalue weighted by Gasteiger charge is -2.23. The van der Waals surface area contributed by atoms with Crippen LogP contribution in [0.25, 0.3) is 0 Å². The van der Waals surface area contributed by atoms with Crippen molar-refractivity contribution in [2.75, 3.05) is 11.9 Å². The fourth-order valence-corrected chi connectivity index (χ4v) is 1.17. The van der Waals surface area contributed by atoms with Crippen LogP contribution in [0.2, 0.25) is 0 Å². The zero-order valence-electron chi connectivity index (χ0n) is 9.36. The van der Waals surface area contributed by atoms with E-state index < -0.39 is 0 Å². The van der Waals surface area contributed by atoms with E-state index in [1.54, 1.807) is 0 Å². The number of hydrogen-bond donors (Lipinski definition) is 1. The Balaban J connectivity index is 2.83. The van der Waals surface area contributed by atoms with Crippen molar-refractivity contribution in [2.24, 2.45) is 5.73 Å². The minimum atomic E-state index is 0.00778. The molecule has 0 fully saturated rings. The SMILES string of the molecule is CC(C)N(C)c1ccc([C@H](C)N)nc1. The van der Waals surface area contributed by atoms with Crippen LogP contribution in [0.1, 0.15) is 32.5 Å². The van der Waals surface area contributed by atoms with E-state index in [0.29, 0.717) is 6.04 Å². The van der Waals surface area contributed by atoms with Crippen molar-refractivity contribution < 1.29 is 0 Å². The highest BCUT2D eigenvalue weighted by Gasteiger charge is 2.06. The van der Waals surface area contributed by atoms with Crippen LogP contribution < -0.4 is 10.6 Å². The van der Waals surface area contributed by atoms with E-state index in [1.165, 1.54) is 0 Å². The first-order chi connectivity index (χ1) is 6.52. The lowest BCUT2D eigenvalue weighted by molar-refractivity contribution is 0.745. The third kappa shape index (κ3) is 2.45. The maximum Gasteiger partial charge on any atom is 0.0569 e. The summed E-state index contributed by atoms with van der Waals surface area (Å²) < 4.78 is 0. The molecule has 0 unspecified atom stereocenters. The molecule has 1 aromatic rings. The molecule has 0 saturated heterocycles. The monoisotopic (exact) mass is 193 g/mol. The predicted octanol–water partition coefficient (Wildman–Crippen LogP) is 1.95. The predicted molar refractivity (Wildman–Crippen MR) is 60.4 cm³/mol. The first kappa shape index (κ1) is 11.0. The van der Waals surface area contributed by atoms with Crippen molar-refractivity contribution in [1.82, 2.24) is 4.98 Å². The van der Waals surface area contributed by atoms with Crippen molar-refractivity contribution in [1.29, 1.82) is 0 Å². The highest BCUT2D eigenvalue weighted by molar-refractivity contribution is 5.44. The maximum absolute atomic E-state index is 5.72. The molecule has 0 radical (unpaired) electrons. The molecule has 0 saturated carbocycles. The Morgan fingerprint density at radius 3 is 2.29 bits per heavy atom. The maximum atomic E-state index is 5.72. The molecule has 0 aromatic carbocycles. The molecule has 0 aliphatic rings. The minimum absolute atomic E-state index is 0.00778. The Morgan fingerprint density at radius 1 is 1.29 bits per heavy atom. The van der Waals surface area contributed by atoms with Gasteiger partial charge in [-0.3, -0.25) is 4.98 Å². The molecule has 1 rings (SSSR count). The number of nitrogens with zero attached hydrogens (tertiary/aromatic N) is 2. The third-order valence-electron chi connectivity index (χ3n) is 2.42. The van der Waals surface area contributed by atoms with Crippen molar-refractivity contribution >= 4 is 5.69 Å². The highest BCUT2D eigenvalue weighted by atomic mass is 15.1. The third-order valence-corrected chi connectivity index (χ3v) is 2.42. The Labute approximate surface area is 85.9 Å². The largest absolute Gasteiger partial charge is 0.371 e. The summed E-state index contributed by atoms with van der Waals surface area (Å²) in [7, 11) is 2.06. The first-order valence-corrected chi connectivity index (χ1v) is 4.96. The summed E-state index contributed by atoms with van der Waals surface area (Å²) in [4.78, 5) is 6.49. The van der Waals surface area contributed by atoms with Gasteiger partial charge in [0.15, 0.2) is 0 Å². The zero-order chi connectivity index (χ0) is 10.7. The Morgan fingerprint density at radius 2 is 1.93 bits per heavy atom. The minimum Gasteiger partial charge on any atom is -0.371 e. The molecule has 3 heteroatoms. The molecule has 1 aromatic heterocycles. The van der Waals surface area contributed by atoms with Crippen LogP contribution in [-0.4, -0.2) is 18.1 Å². The summed E-state index contributed by atoms with van der Waals surface area (Å²) in [5, 5.41) is 0. The molecule has 1 atom stereocenters.